The topological polar surface area (TPSA) is 76.2 Å². The zero-order chi connectivity index (χ0) is 17.5. The summed E-state index contributed by atoms with van der Waals surface area (Å²) in [7, 11) is 0. The smallest absolute Gasteiger partial charge is 0.153 e. The molecule has 0 spiro atoms. The van der Waals surface area contributed by atoms with E-state index in [-0.39, 0.29) is 0 Å². The van der Waals surface area contributed by atoms with Crippen LogP contribution in [0.15, 0.2) is 48.2 Å². The molecule has 0 atom stereocenters. The SMILES string of the molecule is C=C/C(=N\c1c(C)ncnc1N)c1cccc(CNCC(C)C)c1. The van der Waals surface area contributed by atoms with Crippen LogP contribution in [0.3, 0.4) is 0 Å². The zero-order valence-electron chi connectivity index (χ0n) is 14.6. The minimum Gasteiger partial charge on any atom is -0.382 e. The Morgan fingerprint density at radius 2 is 2.17 bits per heavy atom. The Labute approximate surface area is 143 Å². The van der Waals surface area contributed by atoms with Gasteiger partial charge in [-0.05, 0) is 37.1 Å². The lowest BCUT2D eigenvalue weighted by Gasteiger charge is -2.10. The summed E-state index contributed by atoms with van der Waals surface area (Å²) in [4.78, 5) is 12.8. The largest absolute Gasteiger partial charge is 0.382 e. The second-order valence-corrected chi connectivity index (χ2v) is 6.12. The van der Waals surface area contributed by atoms with Crippen LogP contribution in [0.4, 0.5) is 11.5 Å². The van der Waals surface area contributed by atoms with Crippen LogP contribution in [-0.2, 0) is 6.54 Å². The lowest BCUT2D eigenvalue weighted by molar-refractivity contribution is 0.552. The molecule has 0 fully saturated rings. The summed E-state index contributed by atoms with van der Waals surface area (Å²) < 4.78 is 0. The molecule has 0 aliphatic heterocycles. The summed E-state index contributed by atoms with van der Waals surface area (Å²) >= 11 is 0. The number of rotatable bonds is 7. The van der Waals surface area contributed by atoms with Crippen molar-refractivity contribution in [2.24, 2.45) is 10.9 Å². The highest BCUT2D eigenvalue weighted by Gasteiger charge is 2.07. The molecular weight excluding hydrogens is 298 g/mol. The second kappa shape index (κ2) is 8.36. The molecule has 0 bridgehead atoms. The van der Waals surface area contributed by atoms with Gasteiger partial charge in [-0.15, -0.1) is 0 Å². The summed E-state index contributed by atoms with van der Waals surface area (Å²) in [6.45, 7) is 12.0. The molecule has 0 radical (unpaired) electrons. The van der Waals surface area contributed by atoms with Crippen LogP contribution in [0.5, 0.6) is 0 Å². The number of aromatic nitrogens is 2. The predicted molar refractivity (Wildman–Crippen MR) is 101 cm³/mol. The molecule has 3 N–H and O–H groups in total. The molecule has 0 saturated heterocycles. The van der Waals surface area contributed by atoms with Crippen LogP contribution in [-0.4, -0.2) is 22.2 Å². The van der Waals surface area contributed by atoms with Gasteiger partial charge in [-0.25, -0.2) is 15.0 Å². The van der Waals surface area contributed by atoms with Crippen molar-refractivity contribution in [3.63, 3.8) is 0 Å². The first-order chi connectivity index (χ1) is 11.5. The Bertz CT molecular complexity index is 714. The maximum absolute atomic E-state index is 5.92. The van der Waals surface area contributed by atoms with E-state index in [0.717, 1.165) is 30.1 Å². The van der Waals surface area contributed by atoms with Gasteiger partial charge in [-0.3, -0.25) is 0 Å². The third kappa shape index (κ3) is 4.73. The van der Waals surface area contributed by atoms with Crippen LogP contribution >= 0.6 is 0 Å². The summed E-state index contributed by atoms with van der Waals surface area (Å²) in [5.74, 6) is 0.999. The number of aryl methyl sites for hydroxylation is 1. The number of allylic oxidation sites excluding steroid dienone is 1. The van der Waals surface area contributed by atoms with Crippen molar-refractivity contribution in [2.45, 2.75) is 27.3 Å². The van der Waals surface area contributed by atoms with E-state index in [9.17, 15) is 0 Å². The molecule has 5 heteroatoms. The molecule has 0 aliphatic rings. The molecule has 2 rings (SSSR count). The van der Waals surface area contributed by atoms with Gasteiger partial charge in [0, 0.05) is 12.1 Å². The molecule has 24 heavy (non-hydrogen) atoms. The van der Waals surface area contributed by atoms with E-state index in [2.05, 4.69) is 52.8 Å². The van der Waals surface area contributed by atoms with Crippen molar-refractivity contribution >= 4 is 17.2 Å². The van der Waals surface area contributed by atoms with E-state index >= 15 is 0 Å². The van der Waals surface area contributed by atoms with Crippen molar-refractivity contribution in [1.82, 2.24) is 15.3 Å². The van der Waals surface area contributed by atoms with E-state index in [4.69, 9.17) is 5.73 Å². The Morgan fingerprint density at radius 3 is 2.83 bits per heavy atom. The van der Waals surface area contributed by atoms with E-state index < -0.39 is 0 Å². The first kappa shape index (κ1) is 17.8. The van der Waals surface area contributed by atoms with E-state index in [1.165, 1.54) is 11.9 Å². The molecule has 0 amide bonds. The molecule has 2 aromatic rings. The van der Waals surface area contributed by atoms with Gasteiger partial charge < -0.3 is 11.1 Å². The summed E-state index contributed by atoms with van der Waals surface area (Å²) in [6.07, 6.45) is 3.17. The average molecular weight is 323 g/mol. The lowest BCUT2D eigenvalue weighted by atomic mass is 10.1. The number of hydrogen-bond acceptors (Lipinski definition) is 5. The molecule has 126 valence electrons. The minimum absolute atomic E-state index is 0.372. The minimum atomic E-state index is 0.372. The first-order valence-electron chi connectivity index (χ1n) is 8.09. The average Bonchev–Trinajstić information content (AvgIpc) is 2.55. The Balaban J connectivity index is 2.27. The quantitative estimate of drug-likeness (QED) is 0.766. The normalized spacial score (nSPS) is 11.8. The first-order valence-corrected chi connectivity index (χ1v) is 8.09. The highest BCUT2D eigenvalue weighted by Crippen LogP contribution is 2.23. The standard InChI is InChI=1S/C19H25N5/c1-5-17(24-18-14(4)22-12-23-19(18)20)16-8-6-7-15(9-16)11-21-10-13(2)3/h5-9,12-13,21H,1,10-11H2,2-4H3,(H2,20,22,23)/b24-17+. The zero-order valence-corrected chi connectivity index (χ0v) is 14.6. The number of nitrogens with two attached hydrogens (primary N) is 1. The second-order valence-electron chi connectivity index (χ2n) is 6.12. The Morgan fingerprint density at radius 1 is 1.38 bits per heavy atom. The van der Waals surface area contributed by atoms with E-state index in [1.54, 1.807) is 6.08 Å². The number of nitrogens with zero attached hydrogens (tertiary/aromatic N) is 3. The highest BCUT2D eigenvalue weighted by atomic mass is 15.0. The van der Waals surface area contributed by atoms with Gasteiger partial charge in [-0.2, -0.15) is 0 Å². The maximum Gasteiger partial charge on any atom is 0.153 e. The fraction of sp³-hybridized carbons (Fsp3) is 0.316. The number of aliphatic imine (C=N–C) groups is 1. The molecule has 1 aromatic carbocycles. The third-order valence-corrected chi connectivity index (χ3v) is 3.56. The van der Waals surface area contributed by atoms with E-state index in [0.29, 0.717) is 17.4 Å². The number of hydrogen-bond donors (Lipinski definition) is 2. The van der Waals surface area contributed by atoms with Gasteiger partial charge in [-0.1, -0.05) is 38.6 Å². The van der Waals surface area contributed by atoms with E-state index in [1.807, 2.05) is 19.1 Å². The van der Waals surface area contributed by atoms with Gasteiger partial charge >= 0.3 is 0 Å². The molecular formula is C19H25N5. The van der Waals surface area contributed by atoms with Crippen LogP contribution in [0.2, 0.25) is 0 Å². The lowest BCUT2D eigenvalue weighted by Crippen LogP contribution is -2.19. The predicted octanol–water partition coefficient (Wildman–Crippen LogP) is 3.42. The van der Waals surface area contributed by atoms with Gasteiger partial charge in [0.2, 0.25) is 0 Å². The van der Waals surface area contributed by atoms with Crippen molar-refractivity contribution in [3.05, 3.63) is 60.1 Å². The monoisotopic (exact) mass is 323 g/mol. The van der Waals surface area contributed by atoms with Crippen molar-refractivity contribution in [3.8, 4) is 0 Å². The maximum atomic E-state index is 5.92. The van der Waals surface area contributed by atoms with Gasteiger partial charge in [0.25, 0.3) is 0 Å². The fourth-order valence-electron chi connectivity index (χ4n) is 2.32. The number of nitrogen functional groups attached to an aromatic ring is 1. The van der Waals surface area contributed by atoms with Crippen molar-refractivity contribution in [1.29, 1.82) is 0 Å². The molecule has 0 aliphatic carbocycles. The summed E-state index contributed by atoms with van der Waals surface area (Å²) in [5.41, 5.74) is 10.2. The van der Waals surface area contributed by atoms with Crippen LogP contribution in [0.25, 0.3) is 0 Å². The summed E-state index contributed by atoms with van der Waals surface area (Å²) in [6, 6.07) is 8.26. The van der Waals surface area contributed by atoms with Crippen LogP contribution in [0.1, 0.15) is 30.7 Å². The molecule has 5 nitrogen and oxygen atoms in total. The molecule has 0 saturated carbocycles. The third-order valence-electron chi connectivity index (χ3n) is 3.56. The number of benzene rings is 1. The Hall–Kier alpha value is -2.53. The molecule has 0 unspecified atom stereocenters. The van der Waals surface area contributed by atoms with Crippen molar-refractivity contribution < 1.29 is 0 Å². The highest BCUT2D eigenvalue weighted by molar-refractivity contribution is 6.10. The molecule has 1 aromatic heterocycles. The van der Waals surface area contributed by atoms with Gasteiger partial charge in [0.1, 0.15) is 12.0 Å². The van der Waals surface area contributed by atoms with Gasteiger partial charge in [0.05, 0.1) is 11.4 Å². The van der Waals surface area contributed by atoms with Crippen LogP contribution < -0.4 is 11.1 Å². The summed E-state index contributed by atoms with van der Waals surface area (Å²) in [5, 5.41) is 3.45. The van der Waals surface area contributed by atoms with Crippen molar-refractivity contribution in [2.75, 3.05) is 12.3 Å². The van der Waals surface area contributed by atoms with Gasteiger partial charge in [0.15, 0.2) is 5.82 Å². The van der Waals surface area contributed by atoms with Crippen LogP contribution in [0, 0.1) is 12.8 Å². The Kier molecular flexibility index (Phi) is 6.21. The number of nitrogens with one attached hydrogen (secondary N) is 1. The number of anilines is 1. The molecule has 1 heterocycles. The fourth-order valence-corrected chi connectivity index (χ4v) is 2.32.